The SMILES string of the molecule is COCCCOc1cccc(C(=O)Nc2cccc(CNc3ncnc4c([C]=O)cccc34)c2)c1. The van der Waals surface area contributed by atoms with Crippen molar-refractivity contribution < 1.29 is 19.1 Å². The second-order valence-electron chi connectivity index (χ2n) is 7.76. The molecule has 0 fully saturated rings. The van der Waals surface area contributed by atoms with Crippen LogP contribution in [0.2, 0.25) is 0 Å². The summed E-state index contributed by atoms with van der Waals surface area (Å²) in [7, 11) is 1.65. The average Bonchev–Trinajstić information content (AvgIpc) is 2.90. The molecule has 4 aromatic rings. The highest BCUT2D eigenvalue weighted by atomic mass is 16.5. The van der Waals surface area contributed by atoms with Gasteiger partial charge < -0.3 is 20.1 Å². The fourth-order valence-electron chi connectivity index (χ4n) is 3.58. The number of aromatic nitrogens is 2. The van der Waals surface area contributed by atoms with Gasteiger partial charge in [0.05, 0.1) is 17.7 Å². The standard InChI is InChI=1S/C27H25N4O4/c1-34-12-5-13-35-23-10-3-7-20(15-23)27(33)31-22-9-2-6-19(14-22)16-28-26-24-11-4-8-21(17-32)25(24)29-18-30-26/h2-4,6-11,14-15,18H,5,12-13,16H2,1H3,(H,31,33)(H,28,29,30). The van der Waals surface area contributed by atoms with E-state index in [9.17, 15) is 9.59 Å². The molecule has 3 aromatic carbocycles. The third-order valence-corrected chi connectivity index (χ3v) is 5.28. The smallest absolute Gasteiger partial charge is 0.255 e. The van der Waals surface area contributed by atoms with Crippen LogP contribution >= 0.6 is 0 Å². The van der Waals surface area contributed by atoms with E-state index in [1.54, 1.807) is 37.4 Å². The van der Waals surface area contributed by atoms with E-state index in [1.165, 1.54) is 6.33 Å². The minimum atomic E-state index is -0.225. The van der Waals surface area contributed by atoms with E-state index in [0.29, 0.717) is 53.7 Å². The molecule has 0 aliphatic heterocycles. The van der Waals surface area contributed by atoms with E-state index < -0.39 is 0 Å². The van der Waals surface area contributed by atoms with Crippen LogP contribution in [0.25, 0.3) is 10.9 Å². The Morgan fingerprint density at radius 1 is 1.00 bits per heavy atom. The van der Waals surface area contributed by atoms with Crippen molar-refractivity contribution in [3.63, 3.8) is 0 Å². The van der Waals surface area contributed by atoms with Crippen LogP contribution in [0, 0.1) is 0 Å². The molecule has 0 aliphatic rings. The lowest BCUT2D eigenvalue weighted by Gasteiger charge is -2.11. The van der Waals surface area contributed by atoms with Crippen LogP contribution in [0.15, 0.2) is 73.1 Å². The molecule has 8 nitrogen and oxygen atoms in total. The molecule has 0 unspecified atom stereocenters. The van der Waals surface area contributed by atoms with Crippen molar-refractivity contribution in [2.24, 2.45) is 0 Å². The van der Waals surface area contributed by atoms with Crippen molar-refractivity contribution >= 4 is 34.6 Å². The average molecular weight is 470 g/mol. The summed E-state index contributed by atoms with van der Waals surface area (Å²) in [6.07, 6.45) is 4.09. The van der Waals surface area contributed by atoms with E-state index in [-0.39, 0.29) is 5.91 Å². The summed E-state index contributed by atoms with van der Waals surface area (Å²) in [6.45, 7) is 1.61. The Hall–Kier alpha value is -4.30. The fourth-order valence-corrected chi connectivity index (χ4v) is 3.58. The van der Waals surface area contributed by atoms with Gasteiger partial charge in [-0.15, -0.1) is 0 Å². The maximum absolute atomic E-state index is 12.8. The van der Waals surface area contributed by atoms with Crippen LogP contribution < -0.4 is 15.4 Å². The maximum atomic E-state index is 12.8. The number of ether oxygens (including phenoxy) is 2. The van der Waals surface area contributed by atoms with Gasteiger partial charge in [0.2, 0.25) is 6.29 Å². The minimum absolute atomic E-state index is 0.225. The minimum Gasteiger partial charge on any atom is -0.493 e. The number of anilines is 2. The molecule has 1 aromatic heterocycles. The number of benzene rings is 3. The van der Waals surface area contributed by atoms with Crippen LogP contribution in [0.5, 0.6) is 5.75 Å². The molecular weight excluding hydrogens is 444 g/mol. The van der Waals surface area contributed by atoms with Crippen LogP contribution in [0.3, 0.4) is 0 Å². The number of methoxy groups -OCH3 is 1. The van der Waals surface area contributed by atoms with E-state index in [2.05, 4.69) is 20.6 Å². The first kappa shape index (κ1) is 23.8. The maximum Gasteiger partial charge on any atom is 0.255 e. The molecule has 1 heterocycles. The number of rotatable bonds is 11. The first-order valence-corrected chi connectivity index (χ1v) is 11.2. The van der Waals surface area contributed by atoms with Gasteiger partial charge in [-0.05, 0) is 48.0 Å². The van der Waals surface area contributed by atoms with Gasteiger partial charge in [0.25, 0.3) is 5.91 Å². The van der Waals surface area contributed by atoms with Gasteiger partial charge in [0.1, 0.15) is 17.9 Å². The monoisotopic (exact) mass is 469 g/mol. The number of carbonyl (C=O) groups excluding carboxylic acids is 2. The quantitative estimate of drug-likeness (QED) is 0.315. The van der Waals surface area contributed by atoms with Gasteiger partial charge >= 0.3 is 0 Å². The van der Waals surface area contributed by atoms with Gasteiger partial charge in [-0.25, -0.2) is 9.97 Å². The van der Waals surface area contributed by atoms with Crippen LogP contribution in [-0.4, -0.2) is 42.5 Å². The van der Waals surface area contributed by atoms with E-state index in [4.69, 9.17) is 9.47 Å². The first-order chi connectivity index (χ1) is 17.2. The summed E-state index contributed by atoms with van der Waals surface area (Å²) < 4.78 is 10.7. The molecule has 0 atom stereocenters. The predicted octanol–water partition coefficient (Wildman–Crippen LogP) is 4.37. The largest absolute Gasteiger partial charge is 0.493 e. The molecule has 1 radical (unpaired) electrons. The second kappa shape index (κ2) is 11.7. The van der Waals surface area contributed by atoms with E-state index >= 15 is 0 Å². The summed E-state index contributed by atoms with van der Waals surface area (Å²) in [5, 5.41) is 6.96. The number of carbonyl (C=O) groups is 1. The second-order valence-corrected chi connectivity index (χ2v) is 7.76. The number of hydrogen-bond donors (Lipinski definition) is 2. The fraction of sp³-hybridized carbons (Fsp3) is 0.185. The van der Waals surface area contributed by atoms with Crippen molar-refractivity contribution in [1.82, 2.24) is 9.97 Å². The lowest BCUT2D eigenvalue weighted by Crippen LogP contribution is -2.12. The van der Waals surface area contributed by atoms with E-state index in [0.717, 1.165) is 17.4 Å². The summed E-state index contributed by atoms with van der Waals surface area (Å²) >= 11 is 0. The molecule has 2 N–H and O–H groups in total. The molecule has 1 amide bonds. The number of amides is 1. The predicted molar refractivity (Wildman–Crippen MR) is 134 cm³/mol. The Balaban J connectivity index is 1.41. The number of hydrogen-bond acceptors (Lipinski definition) is 7. The summed E-state index contributed by atoms with van der Waals surface area (Å²) in [5.74, 6) is 1.03. The zero-order chi connectivity index (χ0) is 24.5. The third-order valence-electron chi connectivity index (χ3n) is 5.28. The van der Waals surface area contributed by atoms with Crippen LogP contribution in [-0.2, 0) is 16.1 Å². The molecule has 0 bridgehead atoms. The molecule has 4 rings (SSSR count). The number of fused-ring (bicyclic) bond motifs is 1. The molecule has 35 heavy (non-hydrogen) atoms. The molecule has 177 valence electrons. The molecular formula is C27H25N4O4. The first-order valence-electron chi connectivity index (χ1n) is 11.2. The van der Waals surface area contributed by atoms with E-state index in [1.807, 2.05) is 42.7 Å². The van der Waals surface area contributed by atoms with Crippen molar-refractivity contribution in [1.29, 1.82) is 0 Å². The normalized spacial score (nSPS) is 10.7. The molecule has 0 spiro atoms. The summed E-state index contributed by atoms with van der Waals surface area (Å²) in [4.78, 5) is 32.5. The Kier molecular flexibility index (Phi) is 7.98. The Labute approximate surface area is 203 Å². The highest BCUT2D eigenvalue weighted by molar-refractivity contribution is 6.04. The number of para-hydroxylation sites is 1. The van der Waals surface area contributed by atoms with Crippen molar-refractivity contribution in [3.05, 3.63) is 89.7 Å². The number of nitrogens with one attached hydrogen (secondary N) is 2. The van der Waals surface area contributed by atoms with Gasteiger partial charge in [-0.3, -0.25) is 9.59 Å². The lowest BCUT2D eigenvalue weighted by atomic mass is 10.1. The van der Waals surface area contributed by atoms with Crippen molar-refractivity contribution in [3.8, 4) is 5.75 Å². The Morgan fingerprint density at radius 3 is 2.71 bits per heavy atom. The summed E-state index contributed by atoms with van der Waals surface area (Å²) in [6, 6.07) is 19.9. The topological polar surface area (TPSA) is 102 Å². The number of nitrogens with zero attached hydrogens (tertiary/aromatic N) is 2. The van der Waals surface area contributed by atoms with Gasteiger partial charge in [0.15, 0.2) is 0 Å². The highest BCUT2D eigenvalue weighted by Crippen LogP contribution is 2.22. The zero-order valence-corrected chi connectivity index (χ0v) is 19.3. The lowest BCUT2D eigenvalue weighted by molar-refractivity contribution is 0.102. The third kappa shape index (κ3) is 6.18. The summed E-state index contributed by atoms with van der Waals surface area (Å²) in [5.41, 5.74) is 3.06. The molecule has 0 saturated carbocycles. The van der Waals surface area contributed by atoms with Crippen LogP contribution in [0.4, 0.5) is 11.5 Å². The molecule has 0 saturated heterocycles. The van der Waals surface area contributed by atoms with Gasteiger partial charge in [-0.1, -0.05) is 24.3 Å². The van der Waals surface area contributed by atoms with Crippen LogP contribution in [0.1, 0.15) is 27.9 Å². The van der Waals surface area contributed by atoms with Crippen molar-refractivity contribution in [2.75, 3.05) is 31.0 Å². The van der Waals surface area contributed by atoms with Crippen molar-refractivity contribution in [2.45, 2.75) is 13.0 Å². The Bertz CT molecular complexity index is 1330. The molecule has 0 aliphatic carbocycles. The highest BCUT2D eigenvalue weighted by Gasteiger charge is 2.10. The zero-order valence-electron chi connectivity index (χ0n) is 19.3. The van der Waals surface area contributed by atoms with Gasteiger partial charge in [-0.2, -0.15) is 0 Å². The Morgan fingerprint density at radius 2 is 1.86 bits per heavy atom. The molecule has 8 heteroatoms. The van der Waals surface area contributed by atoms with Gasteiger partial charge in [0, 0.05) is 43.3 Å².